The van der Waals surface area contributed by atoms with E-state index in [9.17, 15) is 4.79 Å². The molecule has 2 rings (SSSR count). The van der Waals surface area contributed by atoms with E-state index in [-0.39, 0.29) is 6.09 Å². The Kier molecular flexibility index (Phi) is 3.61. The Balaban J connectivity index is 1.63. The quantitative estimate of drug-likeness (QED) is 0.820. The molecule has 1 saturated carbocycles. The molecule has 0 aromatic carbocycles. The van der Waals surface area contributed by atoms with Gasteiger partial charge in [0.2, 0.25) is 0 Å². The summed E-state index contributed by atoms with van der Waals surface area (Å²) >= 11 is 0. The molecular formula is C13H24N2O2. The lowest BCUT2D eigenvalue weighted by Crippen LogP contribution is -2.36. The molecular weight excluding hydrogens is 216 g/mol. The van der Waals surface area contributed by atoms with Gasteiger partial charge in [-0.1, -0.05) is 0 Å². The molecule has 1 heterocycles. The first-order chi connectivity index (χ1) is 7.94. The Bertz CT molecular complexity index is 282. The molecule has 1 aliphatic heterocycles. The standard InChI is InChI=1S/C13H24N2O2/c1-13(2,3)17-12(16)14-8-10-6-7-15(9-10)11-4-5-11/h10-11H,4-9H2,1-3H3,(H,14,16). The van der Waals surface area contributed by atoms with Crippen molar-refractivity contribution in [1.82, 2.24) is 10.2 Å². The Labute approximate surface area is 104 Å². The van der Waals surface area contributed by atoms with Crippen LogP contribution in [0.3, 0.4) is 0 Å². The number of carbonyl (C=O) groups is 1. The molecule has 1 saturated heterocycles. The molecule has 1 atom stereocenters. The van der Waals surface area contributed by atoms with E-state index in [1.54, 1.807) is 0 Å². The molecule has 17 heavy (non-hydrogen) atoms. The maximum absolute atomic E-state index is 11.5. The van der Waals surface area contributed by atoms with Gasteiger partial charge in [-0.15, -0.1) is 0 Å². The molecule has 0 bridgehead atoms. The second kappa shape index (κ2) is 4.84. The summed E-state index contributed by atoms with van der Waals surface area (Å²) in [7, 11) is 0. The first-order valence-corrected chi connectivity index (χ1v) is 6.65. The van der Waals surface area contributed by atoms with Crippen molar-refractivity contribution in [2.45, 2.75) is 51.7 Å². The summed E-state index contributed by atoms with van der Waals surface area (Å²) in [6.45, 7) is 8.74. The van der Waals surface area contributed by atoms with Crippen LogP contribution in [0.2, 0.25) is 0 Å². The summed E-state index contributed by atoms with van der Waals surface area (Å²) in [6.07, 6.45) is 3.65. The van der Waals surface area contributed by atoms with Gasteiger partial charge in [-0.2, -0.15) is 0 Å². The van der Waals surface area contributed by atoms with E-state index in [0.29, 0.717) is 5.92 Å². The summed E-state index contributed by atoms with van der Waals surface area (Å²) < 4.78 is 5.22. The zero-order chi connectivity index (χ0) is 12.5. The van der Waals surface area contributed by atoms with Crippen LogP contribution in [0.25, 0.3) is 0 Å². The lowest BCUT2D eigenvalue weighted by atomic mass is 10.1. The highest BCUT2D eigenvalue weighted by atomic mass is 16.6. The molecule has 98 valence electrons. The van der Waals surface area contributed by atoms with Crippen molar-refractivity contribution in [2.24, 2.45) is 5.92 Å². The van der Waals surface area contributed by atoms with Crippen LogP contribution in [0.5, 0.6) is 0 Å². The molecule has 0 spiro atoms. The van der Waals surface area contributed by atoms with Crippen LogP contribution in [0.4, 0.5) is 4.79 Å². The van der Waals surface area contributed by atoms with Crippen LogP contribution in [0, 0.1) is 5.92 Å². The molecule has 0 aromatic rings. The number of carbonyl (C=O) groups excluding carboxylic acids is 1. The van der Waals surface area contributed by atoms with Crippen molar-refractivity contribution in [3.63, 3.8) is 0 Å². The summed E-state index contributed by atoms with van der Waals surface area (Å²) in [5, 5.41) is 2.87. The van der Waals surface area contributed by atoms with Crippen molar-refractivity contribution in [1.29, 1.82) is 0 Å². The minimum absolute atomic E-state index is 0.289. The lowest BCUT2D eigenvalue weighted by Gasteiger charge is -2.20. The Morgan fingerprint density at radius 2 is 2.06 bits per heavy atom. The number of amides is 1. The zero-order valence-electron chi connectivity index (χ0n) is 11.2. The van der Waals surface area contributed by atoms with Crippen LogP contribution < -0.4 is 5.32 Å². The molecule has 4 nitrogen and oxygen atoms in total. The Hall–Kier alpha value is -0.770. The Morgan fingerprint density at radius 3 is 2.65 bits per heavy atom. The van der Waals surface area contributed by atoms with Gasteiger partial charge in [0.15, 0.2) is 0 Å². The van der Waals surface area contributed by atoms with E-state index in [4.69, 9.17) is 4.74 Å². The van der Waals surface area contributed by atoms with E-state index in [1.165, 1.54) is 25.8 Å². The minimum Gasteiger partial charge on any atom is -0.444 e. The number of likely N-dealkylation sites (tertiary alicyclic amines) is 1. The second-order valence-corrected chi connectivity index (χ2v) is 6.26. The first kappa shape index (κ1) is 12.7. The SMILES string of the molecule is CC(C)(C)OC(=O)NCC1CCN(C2CC2)C1. The van der Waals surface area contributed by atoms with Crippen LogP contribution in [0.15, 0.2) is 0 Å². The fourth-order valence-electron chi connectivity index (χ4n) is 2.34. The zero-order valence-corrected chi connectivity index (χ0v) is 11.2. The van der Waals surface area contributed by atoms with E-state index in [0.717, 1.165) is 19.1 Å². The third-order valence-corrected chi connectivity index (χ3v) is 3.31. The van der Waals surface area contributed by atoms with Crippen molar-refractivity contribution < 1.29 is 9.53 Å². The molecule has 0 aromatic heterocycles. The van der Waals surface area contributed by atoms with Crippen molar-refractivity contribution in [3.8, 4) is 0 Å². The van der Waals surface area contributed by atoms with Gasteiger partial charge in [-0.25, -0.2) is 4.79 Å². The summed E-state index contributed by atoms with van der Waals surface area (Å²) in [4.78, 5) is 14.1. The summed E-state index contributed by atoms with van der Waals surface area (Å²) in [5.74, 6) is 0.600. The Morgan fingerprint density at radius 1 is 1.35 bits per heavy atom. The number of hydrogen-bond acceptors (Lipinski definition) is 3. The molecule has 2 fully saturated rings. The lowest BCUT2D eigenvalue weighted by molar-refractivity contribution is 0.0519. The number of hydrogen-bond donors (Lipinski definition) is 1. The van der Waals surface area contributed by atoms with Crippen molar-refractivity contribution >= 4 is 6.09 Å². The normalized spacial score (nSPS) is 25.9. The first-order valence-electron chi connectivity index (χ1n) is 6.65. The minimum atomic E-state index is -0.403. The van der Waals surface area contributed by atoms with E-state index < -0.39 is 5.60 Å². The monoisotopic (exact) mass is 240 g/mol. The van der Waals surface area contributed by atoms with E-state index >= 15 is 0 Å². The van der Waals surface area contributed by atoms with Crippen molar-refractivity contribution in [2.75, 3.05) is 19.6 Å². The van der Waals surface area contributed by atoms with Crippen molar-refractivity contribution in [3.05, 3.63) is 0 Å². The third-order valence-electron chi connectivity index (χ3n) is 3.31. The van der Waals surface area contributed by atoms with Crippen LogP contribution in [-0.2, 0) is 4.74 Å². The second-order valence-electron chi connectivity index (χ2n) is 6.26. The number of nitrogens with one attached hydrogen (secondary N) is 1. The summed E-state index contributed by atoms with van der Waals surface area (Å²) in [5.41, 5.74) is -0.403. The van der Waals surface area contributed by atoms with Gasteiger partial charge >= 0.3 is 6.09 Å². The molecule has 1 aliphatic carbocycles. The van der Waals surface area contributed by atoms with Gasteiger partial charge in [0.1, 0.15) is 5.60 Å². The van der Waals surface area contributed by atoms with Crippen LogP contribution in [-0.4, -0.2) is 42.3 Å². The molecule has 2 aliphatic rings. The molecule has 1 amide bonds. The van der Waals surface area contributed by atoms with Gasteiger partial charge in [0.05, 0.1) is 0 Å². The van der Waals surface area contributed by atoms with E-state index in [2.05, 4.69) is 10.2 Å². The number of alkyl carbamates (subject to hydrolysis) is 1. The predicted octanol–water partition coefficient (Wildman–Crippen LogP) is 2.00. The molecule has 4 heteroatoms. The largest absolute Gasteiger partial charge is 0.444 e. The maximum atomic E-state index is 11.5. The average molecular weight is 240 g/mol. The highest BCUT2D eigenvalue weighted by Gasteiger charge is 2.34. The van der Waals surface area contributed by atoms with E-state index in [1.807, 2.05) is 20.8 Å². The van der Waals surface area contributed by atoms with Gasteiger partial charge in [0, 0.05) is 19.1 Å². The molecule has 1 unspecified atom stereocenters. The predicted molar refractivity (Wildman–Crippen MR) is 66.9 cm³/mol. The fraction of sp³-hybridized carbons (Fsp3) is 0.923. The van der Waals surface area contributed by atoms with Gasteiger partial charge in [-0.3, -0.25) is 0 Å². The third kappa shape index (κ3) is 4.19. The fourth-order valence-corrected chi connectivity index (χ4v) is 2.34. The van der Waals surface area contributed by atoms with Gasteiger partial charge in [-0.05, 0) is 52.5 Å². The van der Waals surface area contributed by atoms with Crippen LogP contribution in [0.1, 0.15) is 40.0 Å². The van der Waals surface area contributed by atoms with Gasteiger partial charge in [0.25, 0.3) is 0 Å². The smallest absolute Gasteiger partial charge is 0.407 e. The topological polar surface area (TPSA) is 41.6 Å². The molecule has 0 radical (unpaired) electrons. The molecule has 1 N–H and O–H groups in total. The van der Waals surface area contributed by atoms with Crippen LogP contribution >= 0.6 is 0 Å². The number of ether oxygens (including phenoxy) is 1. The van der Waals surface area contributed by atoms with Gasteiger partial charge < -0.3 is 15.0 Å². The average Bonchev–Trinajstić information content (AvgIpc) is 2.93. The number of rotatable bonds is 3. The highest BCUT2D eigenvalue weighted by Crippen LogP contribution is 2.31. The highest BCUT2D eigenvalue weighted by molar-refractivity contribution is 5.67. The number of nitrogens with zero attached hydrogens (tertiary/aromatic N) is 1. The summed E-state index contributed by atoms with van der Waals surface area (Å²) in [6, 6.07) is 0.849. The maximum Gasteiger partial charge on any atom is 0.407 e.